The Balaban J connectivity index is 1.82. The van der Waals surface area contributed by atoms with Gasteiger partial charge in [-0.1, -0.05) is 20.3 Å². The van der Waals surface area contributed by atoms with Crippen LogP contribution in [0.25, 0.3) is 0 Å². The van der Waals surface area contributed by atoms with Crippen LogP contribution in [0, 0.1) is 0 Å². The summed E-state index contributed by atoms with van der Waals surface area (Å²) in [4.78, 5) is 4.95. The Morgan fingerprint density at radius 3 is 2.14 bits per heavy atom. The van der Waals surface area contributed by atoms with Crippen LogP contribution < -0.4 is 0 Å². The summed E-state index contributed by atoms with van der Waals surface area (Å²) in [5.74, 6) is 0.346. The zero-order chi connectivity index (χ0) is 15.3. The van der Waals surface area contributed by atoms with E-state index in [4.69, 9.17) is 0 Å². The largest absolute Gasteiger partial charge is 0.303 e. The smallest absolute Gasteiger partial charge is 0.158 e. The Kier molecular flexibility index (Phi) is 6.09. The Bertz CT molecular complexity index is 412. The molecule has 2 aliphatic rings. The fraction of sp³-hybridized carbons (Fsp3) is 1.00. The highest BCUT2D eigenvalue weighted by molar-refractivity contribution is 7.92. The summed E-state index contributed by atoms with van der Waals surface area (Å²) in [7, 11) is -2.92. The van der Waals surface area contributed by atoms with Gasteiger partial charge in [0.05, 0.1) is 10.5 Å². The average molecular weight is 317 g/mol. The molecule has 5 heteroatoms. The van der Waals surface area contributed by atoms with E-state index in [0.29, 0.717) is 5.75 Å². The Morgan fingerprint density at radius 2 is 1.52 bits per heavy atom. The minimum Gasteiger partial charge on any atom is -0.303 e. The predicted molar refractivity (Wildman–Crippen MR) is 88.4 cm³/mol. The van der Waals surface area contributed by atoms with Gasteiger partial charge in [-0.3, -0.25) is 0 Å². The quantitative estimate of drug-likeness (QED) is 0.753. The van der Waals surface area contributed by atoms with Crippen molar-refractivity contribution < 1.29 is 8.42 Å². The molecule has 4 nitrogen and oxygen atoms in total. The maximum Gasteiger partial charge on any atom is 0.158 e. The maximum atomic E-state index is 12.4. The van der Waals surface area contributed by atoms with E-state index in [2.05, 4.69) is 9.80 Å². The first-order chi connectivity index (χ1) is 10.0. The van der Waals surface area contributed by atoms with Gasteiger partial charge in [-0.2, -0.15) is 0 Å². The second-order valence-electron chi connectivity index (χ2n) is 6.74. The second kappa shape index (κ2) is 7.42. The zero-order valence-electron chi connectivity index (χ0n) is 13.8. The van der Waals surface area contributed by atoms with E-state index in [1.54, 1.807) is 0 Å². The van der Waals surface area contributed by atoms with Crippen molar-refractivity contribution in [3.05, 3.63) is 0 Å². The molecular weight excluding hydrogens is 284 g/mol. The normalized spacial score (nSPS) is 26.8. The van der Waals surface area contributed by atoms with Crippen LogP contribution in [-0.2, 0) is 9.84 Å². The average Bonchev–Trinajstić information content (AvgIpc) is 2.50. The van der Waals surface area contributed by atoms with Crippen LogP contribution in [0.2, 0.25) is 0 Å². The van der Waals surface area contributed by atoms with E-state index >= 15 is 0 Å². The Morgan fingerprint density at radius 1 is 0.905 bits per heavy atom. The third kappa shape index (κ3) is 3.99. The molecule has 2 saturated heterocycles. The van der Waals surface area contributed by atoms with Crippen molar-refractivity contribution in [3.8, 4) is 0 Å². The first-order valence-electron chi connectivity index (χ1n) is 8.70. The number of likely N-dealkylation sites (tertiary alicyclic amines) is 1. The van der Waals surface area contributed by atoms with Gasteiger partial charge in [-0.25, -0.2) is 8.42 Å². The molecule has 0 N–H and O–H groups in total. The van der Waals surface area contributed by atoms with Crippen LogP contribution in [0.3, 0.4) is 0 Å². The summed E-state index contributed by atoms with van der Waals surface area (Å²) in [6.45, 7) is 10.2. The first kappa shape index (κ1) is 17.2. The highest BCUT2D eigenvalue weighted by Gasteiger charge is 2.44. The van der Waals surface area contributed by atoms with Crippen molar-refractivity contribution in [3.63, 3.8) is 0 Å². The first-order valence-corrected chi connectivity index (χ1v) is 10.4. The second-order valence-corrected chi connectivity index (χ2v) is 9.24. The molecule has 2 fully saturated rings. The van der Waals surface area contributed by atoms with Gasteiger partial charge in [0.1, 0.15) is 0 Å². The minimum atomic E-state index is -2.92. The molecule has 2 aliphatic heterocycles. The van der Waals surface area contributed by atoms with Crippen molar-refractivity contribution in [2.24, 2.45) is 0 Å². The van der Waals surface area contributed by atoms with Crippen LogP contribution in [0.15, 0.2) is 0 Å². The lowest BCUT2D eigenvalue weighted by atomic mass is 10.0. The SMILES string of the molecule is CCC1(CC)CN(CCCN2CCCCC2)CCS1(=O)=O. The highest BCUT2D eigenvalue weighted by atomic mass is 32.2. The van der Waals surface area contributed by atoms with Gasteiger partial charge in [-0.05, 0) is 58.3 Å². The van der Waals surface area contributed by atoms with Crippen LogP contribution in [0.5, 0.6) is 0 Å². The van der Waals surface area contributed by atoms with Gasteiger partial charge in [0, 0.05) is 13.1 Å². The summed E-state index contributed by atoms with van der Waals surface area (Å²) in [6, 6.07) is 0. The van der Waals surface area contributed by atoms with Gasteiger partial charge in [-0.15, -0.1) is 0 Å². The topological polar surface area (TPSA) is 40.6 Å². The van der Waals surface area contributed by atoms with Crippen LogP contribution in [-0.4, -0.2) is 68.0 Å². The molecule has 0 aliphatic carbocycles. The molecule has 0 aromatic rings. The number of piperidine rings is 1. The Labute approximate surface area is 130 Å². The lowest BCUT2D eigenvalue weighted by Gasteiger charge is -2.41. The van der Waals surface area contributed by atoms with Gasteiger partial charge < -0.3 is 9.80 Å². The molecule has 0 unspecified atom stereocenters. The van der Waals surface area contributed by atoms with Crippen LogP contribution >= 0.6 is 0 Å². The van der Waals surface area contributed by atoms with Gasteiger partial charge in [0.15, 0.2) is 9.84 Å². The lowest BCUT2D eigenvalue weighted by Crippen LogP contribution is -2.56. The van der Waals surface area contributed by atoms with E-state index in [-0.39, 0.29) is 0 Å². The molecule has 124 valence electrons. The monoisotopic (exact) mass is 316 g/mol. The van der Waals surface area contributed by atoms with Crippen molar-refractivity contribution in [1.29, 1.82) is 0 Å². The summed E-state index contributed by atoms with van der Waals surface area (Å²) in [6.07, 6.45) is 6.73. The Hall–Kier alpha value is -0.130. The molecule has 21 heavy (non-hydrogen) atoms. The predicted octanol–water partition coefficient (Wildman–Crippen LogP) is 2.15. The number of hydrogen-bond donors (Lipinski definition) is 0. The number of sulfone groups is 1. The molecule has 2 heterocycles. The van der Waals surface area contributed by atoms with E-state index in [1.165, 1.54) is 45.3 Å². The molecule has 0 radical (unpaired) electrons. The fourth-order valence-electron chi connectivity index (χ4n) is 3.86. The van der Waals surface area contributed by atoms with Crippen molar-refractivity contribution in [1.82, 2.24) is 9.80 Å². The van der Waals surface area contributed by atoms with Crippen molar-refractivity contribution in [2.75, 3.05) is 45.0 Å². The van der Waals surface area contributed by atoms with Gasteiger partial charge in [0.2, 0.25) is 0 Å². The maximum absolute atomic E-state index is 12.4. The third-order valence-corrected chi connectivity index (χ3v) is 8.28. The van der Waals surface area contributed by atoms with Gasteiger partial charge >= 0.3 is 0 Å². The van der Waals surface area contributed by atoms with E-state index < -0.39 is 14.6 Å². The summed E-state index contributed by atoms with van der Waals surface area (Å²) < 4.78 is 24.3. The molecule has 0 aromatic heterocycles. The molecule has 0 aromatic carbocycles. The number of nitrogens with zero attached hydrogens (tertiary/aromatic N) is 2. The minimum absolute atomic E-state index is 0.346. The number of rotatable bonds is 6. The molecule has 0 spiro atoms. The summed E-state index contributed by atoms with van der Waals surface area (Å²) in [5, 5.41) is 0. The van der Waals surface area contributed by atoms with Crippen LogP contribution in [0.1, 0.15) is 52.4 Å². The fourth-order valence-corrected chi connectivity index (χ4v) is 6.05. The van der Waals surface area contributed by atoms with Gasteiger partial charge in [0.25, 0.3) is 0 Å². The molecule has 0 bridgehead atoms. The summed E-state index contributed by atoms with van der Waals surface area (Å²) >= 11 is 0. The summed E-state index contributed by atoms with van der Waals surface area (Å²) in [5.41, 5.74) is 0. The van der Waals surface area contributed by atoms with E-state index in [1.807, 2.05) is 13.8 Å². The van der Waals surface area contributed by atoms with Crippen molar-refractivity contribution in [2.45, 2.75) is 57.1 Å². The molecule has 0 amide bonds. The third-order valence-electron chi connectivity index (χ3n) is 5.53. The molecular formula is C16H32N2O2S. The number of hydrogen-bond acceptors (Lipinski definition) is 4. The highest BCUT2D eigenvalue weighted by Crippen LogP contribution is 2.31. The molecule has 0 atom stereocenters. The molecule has 0 saturated carbocycles. The van der Waals surface area contributed by atoms with E-state index in [0.717, 1.165) is 32.5 Å². The van der Waals surface area contributed by atoms with Crippen molar-refractivity contribution >= 4 is 9.84 Å². The molecule has 2 rings (SSSR count). The zero-order valence-corrected chi connectivity index (χ0v) is 14.6. The lowest BCUT2D eigenvalue weighted by molar-refractivity contribution is 0.189. The standard InChI is InChI=1S/C16H32N2O2S/c1-3-16(4-2)15-18(13-14-21(16,19)20)12-8-11-17-9-6-5-7-10-17/h3-15H2,1-2H3. The van der Waals surface area contributed by atoms with E-state index in [9.17, 15) is 8.42 Å². The van der Waals surface area contributed by atoms with Crippen LogP contribution in [0.4, 0.5) is 0 Å².